The summed E-state index contributed by atoms with van der Waals surface area (Å²) in [6, 6.07) is 17.1. The molecule has 2 unspecified atom stereocenters. The third-order valence-electron chi connectivity index (χ3n) is 5.30. The lowest BCUT2D eigenvalue weighted by Gasteiger charge is -2.18. The molecule has 0 aliphatic carbocycles. The van der Waals surface area contributed by atoms with Crippen LogP contribution in [0.15, 0.2) is 71.7 Å². The van der Waals surface area contributed by atoms with Crippen LogP contribution in [0.1, 0.15) is 51.2 Å². The molecule has 0 spiro atoms. The van der Waals surface area contributed by atoms with Gasteiger partial charge in [0.05, 0.1) is 11.4 Å². The van der Waals surface area contributed by atoms with E-state index in [9.17, 15) is 9.59 Å². The van der Waals surface area contributed by atoms with Crippen LogP contribution in [0.25, 0.3) is 0 Å². The van der Waals surface area contributed by atoms with Gasteiger partial charge in [-0.05, 0) is 30.7 Å². The molecule has 1 heterocycles. The minimum atomic E-state index is -1.06. The van der Waals surface area contributed by atoms with Crippen LogP contribution >= 0.6 is 0 Å². The first-order chi connectivity index (χ1) is 15.8. The van der Waals surface area contributed by atoms with Crippen LogP contribution in [0.3, 0.4) is 0 Å². The van der Waals surface area contributed by atoms with Gasteiger partial charge in [-0.2, -0.15) is 0 Å². The van der Waals surface area contributed by atoms with Crippen LogP contribution in [0.5, 0.6) is 0 Å². The molecule has 33 heavy (non-hydrogen) atoms. The van der Waals surface area contributed by atoms with Crippen LogP contribution in [0, 0.1) is 5.41 Å². The Morgan fingerprint density at radius 3 is 2.55 bits per heavy atom. The molecule has 0 saturated carbocycles. The standard InChI is InChI=1S/C27H33N3O3/c1-27(2,3)18-12-6-9-17-22(33-4)25(31)30-24-26(32)28-21-16-11-10-15-20(21)23(29-24)19-13-7-5-8-14-19/h5,7-8,10-16,18,22,24H,6,9,17H2,1-4H3,(H,28,32)(H,30,31)/b18-12+. The van der Waals surface area contributed by atoms with Gasteiger partial charge in [-0.25, -0.2) is 4.99 Å². The molecular formula is C27H33N3O3. The zero-order valence-electron chi connectivity index (χ0n) is 19.8. The number of para-hydroxylation sites is 1. The van der Waals surface area contributed by atoms with Gasteiger partial charge in [0.25, 0.3) is 11.8 Å². The van der Waals surface area contributed by atoms with Crippen LogP contribution in [-0.4, -0.2) is 36.9 Å². The first-order valence-electron chi connectivity index (χ1n) is 11.3. The molecule has 174 valence electrons. The number of carbonyl (C=O) groups is 2. The average molecular weight is 448 g/mol. The fraction of sp³-hybridized carbons (Fsp3) is 0.370. The molecule has 2 atom stereocenters. The van der Waals surface area contributed by atoms with Gasteiger partial charge in [-0.3, -0.25) is 9.59 Å². The molecule has 2 aromatic rings. The number of unbranched alkanes of at least 4 members (excludes halogenated alkanes) is 1. The summed E-state index contributed by atoms with van der Waals surface area (Å²) in [5, 5.41) is 5.67. The van der Waals surface area contributed by atoms with Gasteiger partial charge >= 0.3 is 0 Å². The molecule has 0 radical (unpaired) electrons. The number of fused-ring (bicyclic) bond motifs is 1. The Balaban J connectivity index is 1.75. The van der Waals surface area contributed by atoms with Gasteiger partial charge in [0, 0.05) is 18.2 Å². The lowest BCUT2D eigenvalue weighted by Crippen LogP contribution is -2.47. The van der Waals surface area contributed by atoms with E-state index in [1.54, 1.807) is 0 Å². The molecule has 2 aromatic carbocycles. The second-order valence-electron chi connectivity index (χ2n) is 9.21. The number of hydrogen-bond acceptors (Lipinski definition) is 4. The van der Waals surface area contributed by atoms with Gasteiger partial charge in [0.1, 0.15) is 6.10 Å². The summed E-state index contributed by atoms with van der Waals surface area (Å²) in [4.78, 5) is 30.5. The van der Waals surface area contributed by atoms with Crippen LogP contribution in [-0.2, 0) is 14.3 Å². The van der Waals surface area contributed by atoms with Crippen molar-refractivity contribution in [1.29, 1.82) is 0 Å². The van der Waals surface area contributed by atoms with E-state index in [1.807, 2.05) is 54.6 Å². The van der Waals surface area contributed by atoms with Gasteiger partial charge in [0.15, 0.2) is 0 Å². The van der Waals surface area contributed by atoms with Crippen molar-refractivity contribution in [3.8, 4) is 0 Å². The molecule has 0 aromatic heterocycles. The molecule has 6 heteroatoms. The van der Waals surface area contributed by atoms with Gasteiger partial charge < -0.3 is 15.4 Å². The molecule has 3 rings (SSSR count). The van der Waals surface area contributed by atoms with Crippen LogP contribution in [0.2, 0.25) is 0 Å². The Bertz CT molecular complexity index is 1020. The van der Waals surface area contributed by atoms with E-state index in [4.69, 9.17) is 4.74 Å². The number of nitrogens with one attached hydrogen (secondary N) is 2. The largest absolute Gasteiger partial charge is 0.372 e. The monoisotopic (exact) mass is 447 g/mol. The Morgan fingerprint density at radius 2 is 1.85 bits per heavy atom. The van der Waals surface area contributed by atoms with Gasteiger partial charge in [-0.1, -0.05) is 81.5 Å². The maximum Gasteiger partial charge on any atom is 0.269 e. The smallest absolute Gasteiger partial charge is 0.269 e. The van der Waals surface area contributed by atoms with E-state index in [0.717, 1.165) is 24.0 Å². The van der Waals surface area contributed by atoms with E-state index >= 15 is 0 Å². The minimum Gasteiger partial charge on any atom is -0.372 e. The summed E-state index contributed by atoms with van der Waals surface area (Å²) < 4.78 is 5.42. The highest BCUT2D eigenvalue weighted by atomic mass is 16.5. The van der Waals surface area contributed by atoms with Crippen molar-refractivity contribution in [3.63, 3.8) is 0 Å². The number of rotatable bonds is 8. The van der Waals surface area contributed by atoms with Gasteiger partial charge in [-0.15, -0.1) is 0 Å². The summed E-state index contributed by atoms with van der Waals surface area (Å²) in [5.74, 6) is -0.732. The SMILES string of the molecule is COC(CCC/C=C/C(C)(C)C)C(=O)NC1N=C(c2ccccc2)c2ccccc2NC1=O. The Labute approximate surface area is 196 Å². The number of anilines is 1. The van der Waals surface area contributed by atoms with Crippen molar-refractivity contribution in [2.24, 2.45) is 10.4 Å². The molecule has 1 aliphatic heterocycles. The number of nitrogens with zero attached hydrogens (tertiary/aromatic N) is 1. The number of methoxy groups -OCH3 is 1. The summed E-state index contributed by atoms with van der Waals surface area (Å²) in [6.45, 7) is 6.44. The first kappa shape index (κ1) is 24.4. The van der Waals surface area contributed by atoms with Crippen LogP contribution in [0.4, 0.5) is 5.69 Å². The number of amides is 2. The highest BCUT2D eigenvalue weighted by Gasteiger charge is 2.29. The summed E-state index contributed by atoms with van der Waals surface area (Å²) in [6.07, 6.45) is 4.82. The van der Waals surface area contributed by atoms with E-state index in [-0.39, 0.29) is 17.2 Å². The summed E-state index contributed by atoms with van der Waals surface area (Å²) in [5.41, 5.74) is 3.13. The van der Waals surface area contributed by atoms with E-state index < -0.39 is 12.3 Å². The van der Waals surface area contributed by atoms with Crippen molar-refractivity contribution in [2.75, 3.05) is 12.4 Å². The zero-order chi connectivity index (χ0) is 23.8. The number of hydrogen-bond donors (Lipinski definition) is 2. The van der Waals surface area contributed by atoms with Crippen molar-refractivity contribution in [2.45, 2.75) is 52.3 Å². The molecule has 0 saturated heterocycles. The number of aliphatic imine (C=N–C) groups is 1. The molecule has 0 bridgehead atoms. The lowest BCUT2D eigenvalue weighted by atomic mass is 9.95. The molecule has 6 nitrogen and oxygen atoms in total. The average Bonchev–Trinajstić information content (AvgIpc) is 2.92. The normalized spacial score (nSPS) is 17.0. The first-order valence-corrected chi connectivity index (χ1v) is 11.3. The van der Waals surface area contributed by atoms with Crippen molar-refractivity contribution in [3.05, 3.63) is 77.9 Å². The third-order valence-corrected chi connectivity index (χ3v) is 5.30. The third kappa shape index (κ3) is 6.86. The number of carbonyl (C=O) groups excluding carboxylic acids is 2. The Morgan fingerprint density at radius 1 is 1.15 bits per heavy atom. The van der Waals surface area contributed by atoms with E-state index in [2.05, 4.69) is 48.5 Å². The summed E-state index contributed by atoms with van der Waals surface area (Å²) >= 11 is 0. The number of ether oxygens (including phenoxy) is 1. The fourth-order valence-corrected chi connectivity index (χ4v) is 3.62. The van der Waals surface area contributed by atoms with Crippen molar-refractivity contribution >= 4 is 23.2 Å². The van der Waals surface area contributed by atoms with Crippen molar-refractivity contribution in [1.82, 2.24) is 5.32 Å². The maximum atomic E-state index is 12.9. The highest BCUT2D eigenvalue weighted by molar-refractivity contribution is 6.19. The van der Waals surface area contributed by atoms with Gasteiger partial charge in [0.2, 0.25) is 6.17 Å². The predicted molar refractivity (Wildman–Crippen MR) is 132 cm³/mol. The predicted octanol–water partition coefficient (Wildman–Crippen LogP) is 4.71. The molecule has 2 N–H and O–H groups in total. The number of allylic oxidation sites excluding steroid dienone is 2. The quantitative estimate of drug-likeness (QED) is 0.454. The number of benzodiazepines with no additional fused rings is 1. The van der Waals surface area contributed by atoms with Crippen LogP contribution < -0.4 is 10.6 Å². The Hall–Kier alpha value is -3.25. The molecule has 0 fully saturated rings. The molecular weight excluding hydrogens is 414 g/mol. The second kappa shape index (κ2) is 11.1. The highest BCUT2D eigenvalue weighted by Crippen LogP contribution is 2.24. The van der Waals surface area contributed by atoms with E-state index in [1.165, 1.54) is 7.11 Å². The zero-order valence-corrected chi connectivity index (χ0v) is 19.8. The number of benzene rings is 2. The minimum absolute atomic E-state index is 0.136. The molecule has 2 amide bonds. The topological polar surface area (TPSA) is 79.8 Å². The second-order valence-corrected chi connectivity index (χ2v) is 9.21. The lowest BCUT2D eigenvalue weighted by molar-refractivity contribution is -0.134. The molecule has 1 aliphatic rings. The maximum absolute atomic E-state index is 12.9. The van der Waals surface area contributed by atoms with Crippen molar-refractivity contribution < 1.29 is 14.3 Å². The fourth-order valence-electron chi connectivity index (χ4n) is 3.62. The Kier molecular flexibility index (Phi) is 8.17. The summed E-state index contributed by atoms with van der Waals surface area (Å²) in [7, 11) is 1.51. The van der Waals surface area contributed by atoms with E-state index in [0.29, 0.717) is 17.8 Å².